The molecule has 92 valence electrons. The topological polar surface area (TPSA) is 73.3 Å². The molecule has 0 spiro atoms. The van der Waals surface area contributed by atoms with Crippen molar-refractivity contribution in [2.45, 2.75) is 12.8 Å². The number of aryl methyl sites for hydroxylation is 1. The maximum atomic E-state index is 12.0. The Bertz CT molecular complexity index is 558. The number of furan rings is 1. The lowest BCUT2D eigenvalue weighted by atomic mass is 10.0. The van der Waals surface area contributed by atoms with E-state index < -0.39 is 0 Å². The monoisotopic (exact) mass is 243 g/mol. The summed E-state index contributed by atoms with van der Waals surface area (Å²) >= 11 is 0. The number of benzene rings is 1. The molecule has 0 aliphatic carbocycles. The maximum Gasteiger partial charge on any atom is 0.228 e. The number of nitrogens with two attached hydrogens (primary N) is 1. The van der Waals surface area contributed by atoms with Crippen molar-refractivity contribution < 1.29 is 14.0 Å². The number of hydrogen-bond donors (Lipinski definition) is 1. The van der Waals surface area contributed by atoms with Crippen molar-refractivity contribution >= 4 is 11.7 Å². The lowest BCUT2D eigenvalue weighted by Crippen LogP contribution is -2.11. The Morgan fingerprint density at radius 1 is 1.17 bits per heavy atom. The van der Waals surface area contributed by atoms with Gasteiger partial charge in [0.05, 0.1) is 6.26 Å². The first-order valence-electron chi connectivity index (χ1n) is 5.62. The van der Waals surface area contributed by atoms with E-state index in [-0.39, 0.29) is 18.1 Å². The number of hydrogen-bond acceptors (Lipinski definition) is 3. The molecule has 1 aromatic heterocycles. The van der Waals surface area contributed by atoms with E-state index in [0.717, 1.165) is 5.56 Å². The predicted molar refractivity (Wildman–Crippen MR) is 66.1 cm³/mol. The van der Waals surface area contributed by atoms with Crippen LogP contribution in [0, 0.1) is 0 Å². The Balaban J connectivity index is 2.17. The fourth-order valence-corrected chi connectivity index (χ4v) is 1.69. The van der Waals surface area contributed by atoms with Gasteiger partial charge in [0.1, 0.15) is 0 Å². The average molecular weight is 243 g/mol. The zero-order chi connectivity index (χ0) is 13.0. The molecule has 0 aliphatic heterocycles. The molecular formula is C14H13NO3. The molecule has 2 N–H and O–H groups in total. The Labute approximate surface area is 104 Å². The number of primary amides is 1. The second-order valence-electron chi connectivity index (χ2n) is 3.97. The number of carbonyl (C=O) groups is 2. The molecule has 0 saturated carbocycles. The van der Waals surface area contributed by atoms with Gasteiger partial charge < -0.3 is 10.2 Å². The van der Waals surface area contributed by atoms with Gasteiger partial charge in [-0.05, 0) is 30.2 Å². The molecule has 1 aromatic carbocycles. The van der Waals surface area contributed by atoms with E-state index >= 15 is 0 Å². The summed E-state index contributed by atoms with van der Waals surface area (Å²) in [5.41, 5.74) is 6.55. The molecule has 0 fully saturated rings. The quantitative estimate of drug-likeness (QED) is 0.815. The summed E-state index contributed by atoms with van der Waals surface area (Å²) in [4.78, 5) is 22.7. The Morgan fingerprint density at radius 3 is 2.67 bits per heavy atom. The van der Waals surface area contributed by atoms with E-state index in [2.05, 4.69) is 0 Å². The third kappa shape index (κ3) is 2.85. The molecule has 0 atom stereocenters. The standard InChI is InChI=1S/C14H13NO3/c15-13(16)7-6-10-3-1-4-11(9-10)14(17)12-5-2-8-18-12/h1-5,8-9H,6-7H2,(H2,15,16). The fourth-order valence-electron chi connectivity index (χ4n) is 1.69. The van der Waals surface area contributed by atoms with Gasteiger partial charge >= 0.3 is 0 Å². The van der Waals surface area contributed by atoms with Crippen LogP contribution in [0.15, 0.2) is 47.1 Å². The first-order chi connectivity index (χ1) is 8.66. The van der Waals surface area contributed by atoms with Gasteiger partial charge in [0.2, 0.25) is 11.7 Å². The first kappa shape index (κ1) is 12.1. The number of rotatable bonds is 5. The van der Waals surface area contributed by atoms with E-state index in [1.165, 1.54) is 6.26 Å². The van der Waals surface area contributed by atoms with Crippen LogP contribution in [0.3, 0.4) is 0 Å². The SMILES string of the molecule is NC(=O)CCc1cccc(C(=O)c2ccco2)c1. The Morgan fingerprint density at radius 2 is 2.00 bits per heavy atom. The van der Waals surface area contributed by atoms with Crippen LogP contribution in [-0.2, 0) is 11.2 Å². The largest absolute Gasteiger partial charge is 0.461 e. The van der Waals surface area contributed by atoms with Crippen LogP contribution in [0.5, 0.6) is 0 Å². The van der Waals surface area contributed by atoms with Gasteiger partial charge in [-0.25, -0.2) is 0 Å². The molecule has 1 amide bonds. The second-order valence-corrected chi connectivity index (χ2v) is 3.97. The third-order valence-electron chi connectivity index (χ3n) is 2.59. The highest BCUT2D eigenvalue weighted by Gasteiger charge is 2.11. The van der Waals surface area contributed by atoms with Crippen LogP contribution in [-0.4, -0.2) is 11.7 Å². The molecule has 0 aliphatic rings. The van der Waals surface area contributed by atoms with Gasteiger partial charge in [0.25, 0.3) is 0 Å². The normalized spacial score (nSPS) is 10.2. The molecule has 0 bridgehead atoms. The van der Waals surface area contributed by atoms with Crippen LogP contribution < -0.4 is 5.73 Å². The summed E-state index contributed by atoms with van der Waals surface area (Å²) in [6.45, 7) is 0. The van der Waals surface area contributed by atoms with E-state index in [0.29, 0.717) is 17.7 Å². The number of ketones is 1. The Kier molecular flexibility index (Phi) is 3.57. The minimum absolute atomic E-state index is 0.166. The predicted octanol–water partition coefficient (Wildman–Crippen LogP) is 1.93. The van der Waals surface area contributed by atoms with E-state index in [1.807, 2.05) is 6.07 Å². The summed E-state index contributed by atoms with van der Waals surface area (Å²) in [5, 5.41) is 0. The van der Waals surface area contributed by atoms with Gasteiger partial charge in [-0.1, -0.05) is 18.2 Å². The summed E-state index contributed by atoms with van der Waals surface area (Å²) in [5.74, 6) is -0.208. The highest BCUT2D eigenvalue weighted by atomic mass is 16.3. The highest BCUT2D eigenvalue weighted by molar-refractivity contribution is 6.07. The molecule has 4 nitrogen and oxygen atoms in total. The molecule has 2 rings (SSSR count). The van der Waals surface area contributed by atoms with Gasteiger partial charge in [0.15, 0.2) is 5.76 Å². The van der Waals surface area contributed by atoms with Crippen LogP contribution in [0.2, 0.25) is 0 Å². The van der Waals surface area contributed by atoms with Crippen molar-refractivity contribution in [3.8, 4) is 0 Å². The third-order valence-corrected chi connectivity index (χ3v) is 2.59. The fraction of sp³-hybridized carbons (Fsp3) is 0.143. The summed E-state index contributed by atoms with van der Waals surface area (Å²) in [6.07, 6.45) is 2.27. The lowest BCUT2D eigenvalue weighted by molar-refractivity contribution is -0.117. The average Bonchev–Trinajstić information content (AvgIpc) is 2.89. The summed E-state index contributed by atoms with van der Waals surface area (Å²) < 4.78 is 5.06. The van der Waals surface area contributed by atoms with Gasteiger partial charge in [-0.15, -0.1) is 0 Å². The van der Waals surface area contributed by atoms with Crippen molar-refractivity contribution in [2.24, 2.45) is 5.73 Å². The highest BCUT2D eigenvalue weighted by Crippen LogP contribution is 2.13. The van der Waals surface area contributed by atoms with Crippen LogP contribution in [0.25, 0.3) is 0 Å². The van der Waals surface area contributed by atoms with E-state index in [9.17, 15) is 9.59 Å². The molecule has 2 aromatic rings. The van der Waals surface area contributed by atoms with Crippen molar-refractivity contribution in [3.05, 3.63) is 59.5 Å². The molecule has 0 unspecified atom stereocenters. The zero-order valence-corrected chi connectivity index (χ0v) is 9.76. The van der Waals surface area contributed by atoms with E-state index in [4.69, 9.17) is 10.2 Å². The molecule has 0 saturated heterocycles. The molecule has 1 heterocycles. The molecule has 0 radical (unpaired) electrons. The maximum absolute atomic E-state index is 12.0. The van der Waals surface area contributed by atoms with Crippen molar-refractivity contribution in [1.82, 2.24) is 0 Å². The first-order valence-corrected chi connectivity index (χ1v) is 5.62. The zero-order valence-electron chi connectivity index (χ0n) is 9.76. The minimum Gasteiger partial charge on any atom is -0.461 e. The van der Waals surface area contributed by atoms with Gasteiger partial charge in [-0.2, -0.15) is 0 Å². The van der Waals surface area contributed by atoms with E-state index in [1.54, 1.807) is 30.3 Å². The van der Waals surface area contributed by atoms with Crippen LogP contribution in [0.4, 0.5) is 0 Å². The van der Waals surface area contributed by atoms with Gasteiger partial charge in [-0.3, -0.25) is 9.59 Å². The minimum atomic E-state index is -0.349. The molecule has 4 heteroatoms. The smallest absolute Gasteiger partial charge is 0.228 e. The van der Waals surface area contributed by atoms with Crippen LogP contribution in [0.1, 0.15) is 28.1 Å². The molecule has 18 heavy (non-hydrogen) atoms. The number of amides is 1. The summed E-state index contributed by atoms with van der Waals surface area (Å²) in [7, 11) is 0. The lowest BCUT2D eigenvalue weighted by Gasteiger charge is -2.02. The summed E-state index contributed by atoms with van der Waals surface area (Å²) in [6, 6.07) is 10.4. The Hall–Kier alpha value is -2.36. The molecular weight excluding hydrogens is 230 g/mol. The van der Waals surface area contributed by atoms with Crippen molar-refractivity contribution in [3.63, 3.8) is 0 Å². The number of carbonyl (C=O) groups excluding carboxylic acids is 2. The second kappa shape index (κ2) is 5.31. The van der Waals surface area contributed by atoms with Gasteiger partial charge in [0, 0.05) is 12.0 Å². The van der Waals surface area contributed by atoms with Crippen molar-refractivity contribution in [1.29, 1.82) is 0 Å². The van der Waals surface area contributed by atoms with Crippen LogP contribution >= 0.6 is 0 Å². The van der Waals surface area contributed by atoms with Crippen molar-refractivity contribution in [2.75, 3.05) is 0 Å².